The summed E-state index contributed by atoms with van der Waals surface area (Å²) < 4.78 is 0. The van der Waals surface area contributed by atoms with Crippen LogP contribution in [0.5, 0.6) is 0 Å². The lowest BCUT2D eigenvalue weighted by Gasteiger charge is -2.19. The Kier molecular flexibility index (Phi) is 3.05. The molecule has 1 N–H and O–H groups in total. The van der Waals surface area contributed by atoms with Gasteiger partial charge in [-0.25, -0.2) is 0 Å². The molecule has 0 aromatic carbocycles. The average molecular weight is 127 g/mol. The molecule has 0 aromatic heterocycles. The van der Waals surface area contributed by atoms with Crippen LogP contribution < -0.4 is 0 Å². The van der Waals surface area contributed by atoms with E-state index in [9.17, 15) is 0 Å². The van der Waals surface area contributed by atoms with Gasteiger partial charge in [0.15, 0.2) is 0 Å². The predicted molar refractivity (Wildman–Crippen MR) is 38.0 cm³/mol. The fourth-order valence-corrected chi connectivity index (χ4v) is 1.47. The van der Waals surface area contributed by atoms with Crippen molar-refractivity contribution < 1.29 is 5.11 Å². The minimum Gasteiger partial charge on any atom is -0.396 e. The maximum Gasteiger partial charge on any atom is 0.0433 e. The van der Waals surface area contributed by atoms with Crippen molar-refractivity contribution in [2.45, 2.75) is 32.1 Å². The van der Waals surface area contributed by atoms with Crippen molar-refractivity contribution in [2.24, 2.45) is 5.92 Å². The van der Waals surface area contributed by atoms with Crippen LogP contribution in [0.1, 0.15) is 32.1 Å². The van der Waals surface area contributed by atoms with E-state index >= 15 is 0 Å². The summed E-state index contributed by atoms with van der Waals surface area (Å²) in [5.41, 5.74) is 0. The molecule has 0 aromatic rings. The molecule has 0 amide bonds. The summed E-state index contributed by atoms with van der Waals surface area (Å²) in [6.07, 6.45) is 8.56. The summed E-state index contributed by atoms with van der Waals surface area (Å²) >= 11 is 0. The molecule has 0 bridgehead atoms. The van der Waals surface area contributed by atoms with Gasteiger partial charge in [-0.1, -0.05) is 19.3 Å². The molecule has 9 heavy (non-hydrogen) atoms. The van der Waals surface area contributed by atoms with Crippen LogP contribution in [-0.4, -0.2) is 11.7 Å². The van der Waals surface area contributed by atoms with E-state index < -0.39 is 0 Å². The molecular weight excluding hydrogens is 112 g/mol. The van der Waals surface area contributed by atoms with Crippen molar-refractivity contribution in [1.29, 1.82) is 0 Å². The quantitative estimate of drug-likeness (QED) is 0.599. The molecule has 1 heteroatoms. The predicted octanol–water partition coefficient (Wildman–Crippen LogP) is 1.76. The summed E-state index contributed by atoms with van der Waals surface area (Å²) in [4.78, 5) is 0. The van der Waals surface area contributed by atoms with Crippen molar-refractivity contribution in [3.05, 3.63) is 6.42 Å². The fraction of sp³-hybridized carbons (Fsp3) is 0.875. The van der Waals surface area contributed by atoms with Crippen LogP contribution in [-0.2, 0) is 0 Å². The van der Waals surface area contributed by atoms with Crippen molar-refractivity contribution in [2.75, 3.05) is 6.61 Å². The Morgan fingerprint density at radius 1 is 1.56 bits per heavy atom. The van der Waals surface area contributed by atoms with Crippen LogP contribution in [0.2, 0.25) is 0 Å². The zero-order chi connectivity index (χ0) is 6.53. The number of aliphatic hydroxyl groups excluding tert-OH is 1. The second-order valence-corrected chi connectivity index (χ2v) is 2.83. The van der Waals surface area contributed by atoms with E-state index in [2.05, 4.69) is 6.42 Å². The zero-order valence-electron chi connectivity index (χ0n) is 5.84. The van der Waals surface area contributed by atoms with Gasteiger partial charge in [0.25, 0.3) is 0 Å². The Morgan fingerprint density at radius 2 is 2.44 bits per heavy atom. The highest BCUT2D eigenvalue weighted by atomic mass is 16.3. The third kappa shape index (κ3) is 2.35. The molecule has 1 rings (SSSR count). The lowest BCUT2D eigenvalue weighted by molar-refractivity contribution is 0.242. The van der Waals surface area contributed by atoms with Gasteiger partial charge in [-0.3, -0.25) is 0 Å². The molecule has 0 saturated heterocycles. The standard InChI is InChI=1S/C8H15O/c9-7-6-8-4-2-1-3-5-8/h2,8-9H,1,3-7H2. The Bertz CT molecular complexity index is 62.2. The summed E-state index contributed by atoms with van der Waals surface area (Å²) in [5.74, 6) is 0.795. The second kappa shape index (κ2) is 3.89. The van der Waals surface area contributed by atoms with Crippen LogP contribution in [0.4, 0.5) is 0 Å². The monoisotopic (exact) mass is 127 g/mol. The molecule has 1 fully saturated rings. The van der Waals surface area contributed by atoms with E-state index in [0.29, 0.717) is 6.61 Å². The molecule has 53 valence electrons. The van der Waals surface area contributed by atoms with Gasteiger partial charge in [-0.2, -0.15) is 0 Å². The molecule has 1 aliphatic rings. The van der Waals surface area contributed by atoms with Gasteiger partial charge < -0.3 is 5.11 Å². The number of aliphatic hydroxyl groups is 1. The highest BCUT2D eigenvalue weighted by molar-refractivity contribution is 4.76. The van der Waals surface area contributed by atoms with E-state index in [1.807, 2.05) is 0 Å². The number of hydrogen-bond donors (Lipinski definition) is 1. The van der Waals surface area contributed by atoms with Crippen LogP contribution >= 0.6 is 0 Å². The minimum atomic E-state index is 0.374. The lowest BCUT2D eigenvalue weighted by Crippen LogP contribution is -2.07. The van der Waals surface area contributed by atoms with Gasteiger partial charge in [0.05, 0.1) is 0 Å². The maximum atomic E-state index is 8.60. The molecule has 0 aliphatic heterocycles. The first-order chi connectivity index (χ1) is 4.43. The van der Waals surface area contributed by atoms with Gasteiger partial charge in [0.1, 0.15) is 0 Å². The molecular formula is C8H15O. The summed E-state index contributed by atoms with van der Waals surface area (Å²) in [7, 11) is 0. The van der Waals surface area contributed by atoms with Gasteiger partial charge in [0, 0.05) is 6.61 Å². The summed E-state index contributed by atoms with van der Waals surface area (Å²) in [6.45, 7) is 0.374. The zero-order valence-corrected chi connectivity index (χ0v) is 5.84. The molecule has 1 aliphatic carbocycles. The number of rotatable bonds is 2. The first-order valence-corrected chi connectivity index (χ1v) is 3.86. The molecule has 1 nitrogen and oxygen atoms in total. The largest absolute Gasteiger partial charge is 0.396 e. The molecule has 1 atom stereocenters. The van der Waals surface area contributed by atoms with Crippen LogP contribution in [0.15, 0.2) is 0 Å². The Balaban J connectivity index is 2.08. The molecule has 1 saturated carbocycles. The lowest BCUT2D eigenvalue weighted by atomic mass is 9.87. The van der Waals surface area contributed by atoms with E-state index in [1.54, 1.807) is 0 Å². The summed E-state index contributed by atoms with van der Waals surface area (Å²) in [5, 5.41) is 8.60. The smallest absolute Gasteiger partial charge is 0.0433 e. The van der Waals surface area contributed by atoms with Crippen molar-refractivity contribution in [3.63, 3.8) is 0 Å². The van der Waals surface area contributed by atoms with Gasteiger partial charge >= 0.3 is 0 Å². The van der Waals surface area contributed by atoms with Gasteiger partial charge in [-0.15, -0.1) is 0 Å². The van der Waals surface area contributed by atoms with Gasteiger partial charge in [-0.05, 0) is 25.2 Å². The second-order valence-electron chi connectivity index (χ2n) is 2.83. The minimum absolute atomic E-state index is 0.374. The van der Waals surface area contributed by atoms with Gasteiger partial charge in [0.2, 0.25) is 0 Å². The van der Waals surface area contributed by atoms with E-state index in [0.717, 1.165) is 12.3 Å². The number of hydrogen-bond acceptors (Lipinski definition) is 1. The SMILES string of the molecule is OCCC1C[CH]CCC1. The molecule has 0 heterocycles. The van der Waals surface area contributed by atoms with Crippen molar-refractivity contribution in [1.82, 2.24) is 0 Å². The third-order valence-corrected chi connectivity index (χ3v) is 2.06. The van der Waals surface area contributed by atoms with E-state index in [1.165, 1.54) is 25.7 Å². The van der Waals surface area contributed by atoms with E-state index in [-0.39, 0.29) is 0 Å². The average Bonchev–Trinajstić information content (AvgIpc) is 1.91. The van der Waals surface area contributed by atoms with E-state index in [4.69, 9.17) is 5.11 Å². The van der Waals surface area contributed by atoms with Crippen molar-refractivity contribution >= 4 is 0 Å². The molecule has 1 radical (unpaired) electrons. The Labute approximate surface area is 57.1 Å². The van der Waals surface area contributed by atoms with Crippen LogP contribution in [0, 0.1) is 12.3 Å². The molecule has 0 spiro atoms. The highest BCUT2D eigenvalue weighted by Crippen LogP contribution is 2.24. The first kappa shape index (κ1) is 7.07. The van der Waals surface area contributed by atoms with Crippen LogP contribution in [0.3, 0.4) is 0 Å². The van der Waals surface area contributed by atoms with Crippen molar-refractivity contribution in [3.8, 4) is 0 Å². The Morgan fingerprint density at radius 3 is 3.00 bits per heavy atom. The van der Waals surface area contributed by atoms with Crippen LogP contribution in [0.25, 0.3) is 0 Å². The summed E-state index contributed by atoms with van der Waals surface area (Å²) in [6, 6.07) is 0. The first-order valence-electron chi connectivity index (χ1n) is 3.86. The Hall–Kier alpha value is -0.0400. The normalized spacial score (nSPS) is 22.3. The fourth-order valence-electron chi connectivity index (χ4n) is 1.47. The molecule has 1 unspecified atom stereocenters. The maximum absolute atomic E-state index is 8.60. The topological polar surface area (TPSA) is 20.2 Å². The third-order valence-electron chi connectivity index (χ3n) is 2.06. The highest BCUT2D eigenvalue weighted by Gasteiger charge is 2.11.